The molecule has 0 aromatic carbocycles. The van der Waals surface area contributed by atoms with E-state index in [1.54, 1.807) is 14.8 Å². The number of aliphatic hydroxyl groups is 3. The Kier molecular flexibility index (Phi) is 13.2. The van der Waals surface area contributed by atoms with Crippen molar-refractivity contribution in [3.05, 3.63) is 0 Å². The van der Waals surface area contributed by atoms with E-state index in [9.17, 15) is 29.7 Å². The first-order valence-corrected chi connectivity index (χ1v) is 10.2. The van der Waals surface area contributed by atoms with Crippen molar-refractivity contribution in [1.29, 1.82) is 0 Å². The largest absolute Gasteiger partial charge is 0.480 e. The average molecular weight is 466 g/mol. The minimum atomic E-state index is -1.11. The summed E-state index contributed by atoms with van der Waals surface area (Å²) in [6.07, 6.45) is -2.13. The number of carboxylic acids is 3. The van der Waals surface area contributed by atoms with Crippen LogP contribution in [0.15, 0.2) is 0 Å². The van der Waals surface area contributed by atoms with Gasteiger partial charge in [-0.15, -0.1) is 0 Å². The minimum absolute atomic E-state index is 0.0255. The van der Waals surface area contributed by atoms with Gasteiger partial charge < -0.3 is 35.4 Å². The third kappa shape index (κ3) is 12.2. The number of nitrogens with zero attached hydrogens (tertiary/aromatic N) is 4. The zero-order valence-electron chi connectivity index (χ0n) is 18.0. The topological polar surface area (TPSA) is 195 Å². The van der Waals surface area contributed by atoms with Crippen LogP contribution in [0.5, 0.6) is 0 Å². The van der Waals surface area contributed by atoms with Crippen LogP contribution in [0, 0.1) is 0 Å². The van der Waals surface area contributed by atoms with Gasteiger partial charge in [-0.1, -0.05) is 0 Å². The predicted octanol–water partition coefficient (Wildman–Crippen LogP) is -3.89. The molecule has 0 aromatic heterocycles. The molecule has 0 amide bonds. The molecule has 0 spiro atoms. The second-order valence-corrected chi connectivity index (χ2v) is 7.56. The lowest BCUT2D eigenvalue weighted by atomic mass is 10.3. The summed E-state index contributed by atoms with van der Waals surface area (Å²) in [6.45, 7) is -0.260. The molecular formula is C18H34N4O10. The first kappa shape index (κ1) is 28.1. The lowest BCUT2D eigenvalue weighted by Gasteiger charge is -2.39. The summed E-state index contributed by atoms with van der Waals surface area (Å²) >= 11 is 0. The molecule has 1 fully saturated rings. The summed E-state index contributed by atoms with van der Waals surface area (Å²) in [5.41, 5.74) is 0. The van der Waals surface area contributed by atoms with E-state index >= 15 is 0 Å². The SMILES string of the molecule is O=C(O)CN1CCN(CC(=O)O)CCN(CC(O)COCC(O)CO)N(CC(=O)O)CC1. The standard InChI is InChI=1S/C18H34N4O10/c23-11-15(25)13-32-12-14(24)7-21-5-3-19(8-16(26)27)1-2-20(9-17(28)29)4-6-22(21)10-18(30)31/h14-15,23-25H,1-13H2,(H,26,27)(H,28,29)(H,30,31). The Balaban J connectivity index is 2.92. The van der Waals surface area contributed by atoms with Crippen molar-refractivity contribution in [2.45, 2.75) is 12.2 Å². The Morgan fingerprint density at radius 1 is 0.688 bits per heavy atom. The molecule has 14 heteroatoms. The van der Waals surface area contributed by atoms with Gasteiger partial charge in [0.15, 0.2) is 0 Å². The third-order valence-electron chi connectivity index (χ3n) is 4.77. The van der Waals surface area contributed by atoms with Crippen molar-refractivity contribution in [2.75, 3.05) is 85.3 Å². The number of hydrogen-bond acceptors (Lipinski definition) is 11. The Morgan fingerprint density at radius 2 is 1.12 bits per heavy atom. The van der Waals surface area contributed by atoms with Gasteiger partial charge in [-0.05, 0) is 0 Å². The van der Waals surface area contributed by atoms with E-state index in [1.165, 1.54) is 5.01 Å². The number of carboxylic acid groups (broad SMARTS) is 3. The summed E-state index contributed by atoms with van der Waals surface area (Å²) in [7, 11) is 0. The predicted molar refractivity (Wildman–Crippen MR) is 109 cm³/mol. The van der Waals surface area contributed by atoms with Gasteiger partial charge in [0, 0.05) is 45.8 Å². The fraction of sp³-hybridized carbons (Fsp3) is 0.833. The van der Waals surface area contributed by atoms with Gasteiger partial charge in [0.25, 0.3) is 0 Å². The zero-order valence-corrected chi connectivity index (χ0v) is 18.0. The van der Waals surface area contributed by atoms with Crippen LogP contribution >= 0.6 is 0 Å². The Hall–Kier alpha value is -1.91. The van der Waals surface area contributed by atoms with Gasteiger partial charge >= 0.3 is 17.9 Å². The molecular weight excluding hydrogens is 432 g/mol. The van der Waals surface area contributed by atoms with E-state index in [2.05, 4.69) is 0 Å². The second-order valence-electron chi connectivity index (χ2n) is 7.56. The van der Waals surface area contributed by atoms with Crippen molar-refractivity contribution in [3.63, 3.8) is 0 Å². The molecule has 1 heterocycles. The summed E-state index contributed by atoms with van der Waals surface area (Å²) in [4.78, 5) is 37.0. The van der Waals surface area contributed by atoms with E-state index in [4.69, 9.17) is 20.1 Å². The van der Waals surface area contributed by atoms with Crippen LogP contribution in [0.4, 0.5) is 0 Å². The second kappa shape index (κ2) is 15.0. The summed E-state index contributed by atoms with van der Waals surface area (Å²) < 4.78 is 5.16. The van der Waals surface area contributed by atoms with Crippen LogP contribution in [-0.2, 0) is 19.1 Å². The number of β-amino-alcohol motifs (C(OH)–C–C–N with tert-alkyl or cyclic N) is 1. The molecule has 1 aliphatic heterocycles. The molecule has 0 saturated carbocycles. The molecule has 32 heavy (non-hydrogen) atoms. The smallest absolute Gasteiger partial charge is 0.319 e. The molecule has 186 valence electrons. The van der Waals surface area contributed by atoms with Crippen LogP contribution < -0.4 is 0 Å². The Labute approximate surface area is 185 Å². The van der Waals surface area contributed by atoms with Crippen molar-refractivity contribution in [2.24, 2.45) is 0 Å². The normalized spacial score (nSPS) is 20.0. The molecule has 14 nitrogen and oxygen atoms in total. The number of hydrazine groups is 1. The highest BCUT2D eigenvalue weighted by Gasteiger charge is 2.25. The number of aliphatic hydroxyl groups excluding tert-OH is 3. The number of ether oxygens (including phenoxy) is 1. The monoisotopic (exact) mass is 466 g/mol. The highest BCUT2D eigenvalue weighted by Crippen LogP contribution is 2.06. The minimum Gasteiger partial charge on any atom is -0.480 e. The lowest BCUT2D eigenvalue weighted by molar-refractivity contribution is -0.148. The Morgan fingerprint density at radius 3 is 1.59 bits per heavy atom. The molecule has 0 radical (unpaired) electrons. The number of carbonyl (C=O) groups is 3. The maximum absolute atomic E-state index is 11.4. The van der Waals surface area contributed by atoms with Crippen LogP contribution in [0.2, 0.25) is 0 Å². The van der Waals surface area contributed by atoms with Gasteiger partial charge in [-0.3, -0.25) is 24.2 Å². The Bertz CT molecular complexity index is 596. The van der Waals surface area contributed by atoms with E-state index in [0.29, 0.717) is 13.1 Å². The first-order valence-electron chi connectivity index (χ1n) is 10.2. The third-order valence-corrected chi connectivity index (χ3v) is 4.77. The van der Waals surface area contributed by atoms with E-state index < -0.39 is 43.3 Å². The van der Waals surface area contributed by atoms with Crippen LogP contribution in [0.25, 0.3) is 0 Å². The summed E-state index contributed by atoms with van der Waals surface area (Å²) in [5.74, 6) is -3.21. The van der Waals surface area contributed by atoms with Gasteiger partial charge in [0.1, 0.15) is 12.6 Å². The molecule has 0 aromatic rings. The highest BCUT2D eigenvalue weighted by molar-refractivity contribution is 5.69. The zero-order chi connectivity index (χ0) is 24.1. The van der Waals surface area contributed by atoms with E-state index in [-0.39, 0.29) is 59.0 Å². The van der Waals surface area contributed by atoms with Gasteiger partial charge in [0.2, 0.25) is 0 Å². The van der Waals surface area contributed by atoms with Gasteiger partial charge in [0.05, 0.1) is 39.0 Å². The number of rotatable bonds is 13. The van der Waals surface area contributed by atoms with Crippen molar-refractivity contribution >= 4 is 17.9 Å². The molecule has 0 aliphatic carbocycles. The molecule has 1 aliphatic rings. The molecule has 1 saturated heterocycles. The molecule has 1 rings (SSSR count). The maximum Gasteiger partial charge on any atom is 0.319 e. The first-order chi connectivity index (χ1) is 15.1. The van der Waals surface area contributed by atoms with Crippen LogP contribution in [0.3, 0.4) is 0 Å². The van der Waals surface area contributed by atoms with Crippen LogP contribution in [-0.4, -0.2) is 166 Å². The summed E-state index contributed by atoms with van der Waals surface area (Å²) in [6, 6.07) is 0. The quantitative estimate of drug-likeness (QED) is 0.154. The maximum atomic E-state index is 11.4. The van der Waals surface area contributed by atoms with E-state index in [1.807, 2.05) is 0 Å². The van der Waals surface area contributed by atoms with Crippen LogP contribution in [0.1, 0.15) is 0 Å². The van der Waals surface area contributed by atoms with Crippen molar-refractivity contribution in [1.82, 2.24) is 19.8 Å². The molecule has 0 bridgehead atoms. The fourth-order valence-corrected chi connectivity index (χ4v) is 3.23. The summed E-state index contributed by atoms with van der Waals surface area (Å²) in [5, 5.41) is 59.1. The van der Waals surface area contributed by atoms with Gasteiger partial charge in [-0.2, -0.15) is 0 Å². The molecule has 6 N–H and O–H groups in total. The van der Waals surface area contributed by atoms with E-state index in [0.717, 1.165) is 0 Å². The fourth-order valence-electron chi connectivity index (χ4n) is 3.23. The molecule has 2 atom stereocenters. The van der Waals surface area contributed by atoms with Crippen molar-refractivity contribution in [3.8, 4) is 0 Å². The highest BCUT2D eigenvalue weighted by atomic mass is 16.5. The number of aliphatic carboxylic acids is 3. The molecule has 2 unspecified atom stereocenters. The lowest BCUT2D eigenvalue weighted by Crippen LogP contribution is -2.55. The van der Waals surface area contributed by atoms with Crippen molar-refractivity contribution < 1.29 is 49.8 Å². The van der Waals surface area contributed by atoms with Gasteiger partial charge in [-0.25, -0.2) is 10.0 Å². The number of hydrogen-bond donors (Lipinski definition) is 6. The average Bonchev–Trinajstić information content (AvgIpc) is 2.69.